The lowest BCUT2D eigenvalue weighted by molar-refractivity contribution is 0.381. The monoisotopic (exact) mass is 294 g/mol. The van der Waals surface area contributed by atoms with E-state index in [1.807, 2.05) is 0 Å². The molecule has 0 fully saturated rings. The highest BCUT2D eigenvalue weighted by atomic mass is 32.1. The molecular weight excluding hydrogens is 287 g/mol. The fraction of sp³-hybridized carbons (Fsp3) is 0.182. The van der Waals surface area contributed by atoms with E-state index in [0.717, 1.165) is 0 Å². The number of hydrogen-bond donors (Lipinski definition) is 1. The highest BCUT2D eigenvalue weighted by Crippen LogP contribution is 2.30. The van der Waals surface area contributed by atoms with Crippen molar-refractivity contribution in [3.05, 3.63) is 45.7 Å². The van der Waals surface area contributed by atoms with Crippen molar-refractivity contribution in [1.82, 2.24) is 4.98 Å². The predicted molar refractivity (Wildman–Crippen MR) is 60.4 cm³/mol. The molecule has 1 unspecified atom stereocenters. The third-order valence-corrected chi connectivity index (χ3v) is 3.41. The minimum absolute atomic E-state index is 0.601. The van der Waals surface area contributed by atoms with Gasteiger partial charge < -0.3 is 5.32 Å². The minimum atomic E-state index is -2.18. The second kappa shape index (κ2) is 5.12. The van der Waals surface area contributed by atoms with Gasteiger partial charge in [0.1, 0.15) is 5.69 Å². The maximum atomic E-state index is 13.4. The Balaban J connectivity index is 2.41. The Bertz CT molecular complexity index is 571. The van der Waals surface area contributed by atoms with Crippen LogP contribution in [0.15, 0.2) is 11.7 Å². The van der Waals surface area contributed by atoms with E-state index in [4.69, 9.17) is 0 Å². The Morgan fingerprint density at radius 3 is 2.00 bits per heavy atom. The van der Waals surface area contributed by atoms with E-state index in [9.17, 15) is 22.0 Å². The van der Waals surface area contributed by atoms with Crippen LogP contribution in [0.25, 0.3) is 0 Å². The molecule has 19 heavy (non-hydrogen) atoms. The number of anilines is 1. The molecule has 8 heteroatoms. The molecule has 2 nitrogen and oxygen atoms in total. The van der Waals surface area contributed by atoms with Crippen LogP contribution in [0.5, 0.6) is 0 Å². The quantitative estimate of drug-likeness (QED) is 0.525. The summed E-state index contributed by atoms with van der Waals surface area (Å²) in [5.41, 5.74) is 0.448. The fourth-order valence-corrected chi connectivity index (χ4v) is 2.09. The van der Waals surface area contributed by atoms with E-state index in [1.54, 1.807) is 0 Å². The average molecular weight is 294 g/mol. The van der Waals surface area contributed by atoms with Crippen molar-refractivity contribution in [2.45, 2.75) is 13.0 Å². The first-order chi connectivity index (χ1) is 8.93. The van der Waals surface area contributed by atoms with Crippen LogP contribution in [-0.4, -0.2) is 4.98 Å². The van der Waals surface area contributed by atoms with Gasteiger partial charge in [-0.2, -0.15) is 0 Å². The van der Waals surface area contributed by atoms with Crippen LogP contribution in [-0.2, 0) is 0 Å². The molecule has 0 bridgehead atoms. The van der Waals surface area contributed by atoms with Gasteiger partial charge in [-0.25, -0.2) is 22.0 Å². The largest absolute Gasteiger partial charge is 0.373 e. The zero-order valence-electron chi connectivity index (χ0n) is 9.48. The zero-order valence-corrected chi connectivity index (χ0v) is 10.3. The van der Waals surface area contributed by atoms with Crippen LogP contribution in [0, 0.1) is 29.1 Å². The van der Waals surface area contributed by atoms with E-state index in [1.165, 1.54) is 30.0 Å². The lowest BCUT2D eigenvalue weighted by Gasteiger charge is -2.15. The number of thiazole rings is 1. The molecule has 0 amide bonds. The fourth-order valence-electron chi connectivity index (χ4n) is 1.46. The maximum absolute atomic E-state index is 13.4. The van der Waals surface area contributed by atoms with Crippen molar-refractivity contribution < 1.29 is 22.0 Å². The summed E-state index contributed by atoms with van der Waals surface area (Å²) in [5, 5.41) is 2.26. The zero-order chi connectivity index (χ0) is 14.2. The Kier molecular flexibility index (Phi) is 3.70. The number of nitrogens with one attached hydrogen (secondary N) is 1. The topological polar surface area (TPSA) is 24.9 Å². The summed E-state index contributed by atoms with van der Waals surface area (Å²) in [5.74, 6) is -9.89. The number of nitrogens with zero attached hydrogens (tertiary/aromatic N) is 1. The molecule has 1 aromatic carbocycles. The molecule has 0 aliphatic rings. The number of halogens is 5. The molecule has 1 heterocycles. The van der Waals surface area contributed by atoms with Crippen molar-refractivity contribution in [3.63, 3.8) is 0 Å². The van der Waals surface area contributed by atoms with E-state index in [-0.39, 0.29) is 0 Å². The highest BCUT2D eigenvalue weighted by Gasteiger charge is 2.26. The summed E-state index contributed by atoms with van der Waals surface area (Å²) < 4.78 is 65.6. The van der Waals surface area contributed by atoms with Crippen LogP contribution in [0.3, 0.4) is 0 Å². The average Bonchev–Trinajstić information content (AvgIpc) is 2.93. The molecule has 1 atom stereocenters. The summed E-state index contributed by atoms with van der Waals surface area (Å²) in [7, 11) is 0. The predicted octanol–water partition coefficient (Wildman–Crippen LogP) is 4.01. The molecule has 0 aliphatic heterocycles. The van der Waals surface area contributed by atoms with Gasteiger partial charge in [0.2, 0.25) is 5.82 Å². The number of benzene rings is 1. The van der Waals surface area contributed by atoms with Crippen molar-refractivity contribution in [3.8, 4) is 0 Å². The maximum Gasteiger partial charge on any atom is 0.200 e. The van der Waals surface area contributed by atoms with Gasteiger partial charge >= 0.3 is 0 Å². The third kappa shape index (κ3) is 2.40. The number of hydrogen-bond acceptors (Lipinski definition) is 3. The van der Waals surface area contributed by atoms with Gasteiger partial charge in [0, 0.05) is 11.1 Å². The van der Waals surface area contributed by atoms with Gasteiger partial charge in [-0.15, -0.1) is 11.3 Å². The first-order valence-corrected chi connectivity index (χ1v) is 5.97. The summed E-state index contributed by atoms with van der Waals surface area (Å²) in [4.78, 5) is 4.36. The molecule has 1 N–H and O–H groups in total. The van der Waals surface area contributed by atoms with Gasteiger partial charge in [-0.3, -0.25) is 4.98 Å². The highest BCUT2D eigenvalue weighted by molar-refractivity contribution is 7.09. The van der Waals surface area contributed by atoms with Gasteiger partial charge in [-0.05, 0) is 6.92 Å². The van der Waals surface area contributed by atoms with Crippen LogP contribution >= 0.6 is 11.3 Å². The molecule has 0 spiro atoms. The van der Waals surface area contributed by atoms with Crippen molar-refractivity contribution in [2.24, 2.45) is 0 Å². The van der Waals surface area contributed by atoms with Gasteiger partial charge in [0.05, 0.1) is 11.6 Å². The van der Waals surface area contributed by atoms with Crippen LogP contribution < -0.4 is 5.32 Å². The van der Waals surface area contributed by atoms with Gasteiger partial charge in [-0.1, -0.05) is 0 Å². The first-order valence-electron chi connectivity index (χ1n) is 5.09. The lowest BCUT2D eigenvalue weighted by Crippen LogP contribution is -2.12. The van der Waals surface area contributed by atoms with Crippen LogP contribution in [0.2, 0.25) is 0 Å². The summed E-state index contributed by atoms with van der Waals surface area (Å²) >= 11 is 1.19. The molecule has 2 rings (SSSR count). The SMILES string of the molecule is CC(Nc1c(F)c(F)c(F)c(F)c1F)c1cncs1. The van der Waals surface area contributed by atoms with Crippen molar-refractivity contribution >= 4 is 17.0 Å². The molecule has 1 aromatic heterocycles. The Labute approximate surface area is 108 Å². The third-order valence-electron chi connectivity index (χ3n) is 2.45. The second-order valence-corrected chi connectivity index (χ2v) is 4.63. The van der Waals surface area contributed by atoms with Crippen molar-refractivity contribution in [2.75, 3.05) is 5.32 Å². The molecule has 0 aliphatic carbocycles. The Morgan fingerprint density at radius 2 is 1.53 bits per heavy atom. The minimum Gasteiger partial charge on any atom is -0.373 e. The molecule has 0 radical (unpaired) electrons. The first kappa shape index (κ1) is 13.7. The molecule has 0 saturated heterocycles. The summed E-state index contributed by atoms with van der Waals surface area (Å²) in [6, 6.07) is -0.638. The van der Waals surface area contributed by atoms with E-state index >= 15 is 0 Å². The van der Waals surface area contributed by atoms with Gasteiger partial charge in [0.25, 0.3) is 0 Å². The molecule has 0 saturated carbocycles. The van der Waals surface area contributed by atoms with E-state index < -0.39 is 40.8 Å². The van der Waals surface area contributed by atoms with Crippen LogP contribution in [0.1, 0.15) is 17.8 Å². The molecule has 2 aromatic rings. The number of rotatable bonds is 3. The van der Waals surface area contributed by atoms with Gasteiger partial charge in [0.15, 0.2) is 23.3 Å². The molecular formula is C11H7F5N2S. The van der Waals surface area contributed by atoms with Crippen LogP contribution in [0.4, 0.5) is 27.6 Å². The summed E-state index contributed by atoms with van der Waals surface area (Å²) in [6.45, 7) is 1.52. The summed E-state index contributed by atoms with van der Waals surface area (Å²) in [6.07, 6.45) is 1.44. The Morgan fingerprint density at radius 1 is 1.00 bits per heavy atom. The normalized spacial score (nSPS) is 12.5. The van der Waals surface area contributed by atoms with Crippen molar-refractivity contribution in [1.29, 1.82) is 0 Å². The van der Waals surface area contributed by atoms with E-state index in [2.05, 4.69) is 10.3 Å². The number of aromatic nitrogens is 1. The smallest absolute Gasteiger partial charge is 0.200 e. The second-order valence-electron chi connectivity index (χ2n) is 3.71. The lowest BCUT2D eigenvalue weighted by atomic mass is 10.2. The molecule has 102 valence electrons. The Hall–Kier alpha value is -1.70. The standard InChI is InChI=1S/C11H7F5N2S/c1-4(5-2-17-3-19-5)18-11-9(15)7(13)6(12)8(14)10(11)16/h2-4,18H,1H3. The van der Waals surface area contributed by atoms with E-state index in [0.29, 0.717) is 4.88 Å².